The topological polar surface area (TPSA) is 50.7 Å². The van der Waals surface area contributed by atoms with Gasteiger partial charge in [-0.2, -0.15) is 16.9 Å². The van der Waals surface area contributed by atoms with E-state index >= 15 is 0 Å². The van der Waals surface area contributed by atoms with Crippen molar-refractivity contribution in [2.24, 2.45) is 5.10 Å². The van der Waals surface area contributed by atoms with Crippen molar-refractivity contribution in [3.63, 3.8) is 0 Å². The highest BCUT2D eigenvalue weighted by atomic mass is 79.9. The van der Waals surface area contributed by atoms with Crippen molar-refractivity contribution in [3.05, 3.63) is 64.1 Å². The van der Waals surface area contributed by atoms with Crippen LogP contribution in [0.2, 0.25) is 0 Å². The first-order valence-corrected chi connectivity index (χ1v) is 9.09. The lowest BCUT2D eigenvalue weighted by molar-refractivity contribution is 0.0955. The van der Waals surface area contributed by atoms with Crippen LogP contribution in [0.25, 0.3) is 0 Å². The zero-order chi connectivity index (χ0) is 16.1. The molecule has 0 radical (unpaired) electrons. The number of halogens is 1. The predicted molar refractivity (Wildman–Crippen MR) is 97.4 cm³/mol. The van der Waals surface area contributed by atoms with Gasteiger partial charge in [-0.15, -0.1) is 0 Å². The minimum atomic E-state index is -0.243. The Bertz CT molecular complexity index is 715. The van der Waals surface area contributed by atoms with E-state index in [1.54, 1.807) is 18.3 Å². The van der Waals surface area contributed by atoms with Crippen LogP contribution in [0.3, 0.4) is 0 Å². The number of benzene rings is 2. The van der Waals surface area contributed by atoms with Gasteiger partial charge in [0, 0.05) is 21.5 Å². The number of hydrogen-bond acceptors (Lipinski definition) is 4. The molecule has 2 aromatic carbocycles. The largest absolute Gasteiger partial charge is 0.489 e. The highest BCUT2D eigenvalue weighted by molar-refractivity contribution is 9.10. The first-order chi connectivity index (χ1) is 11.2. The van der Waals surface area contributed by atoms with Crippen LogP contribution in [-0.4, -0.2) is 29.7 Å². The molecule has 1 aliphatic rings. The van der Waals surface area contributed by atoms with Gasteiger partial charge in [0.1, 0.15) is 11.9 Å². The second-order valence-corrected chi connectivity index (χ2v) is 7.05. The summed E-state index contributed by atoms with van der Waals surface area (Å²) < 4.78 is 6.75. The van der Waals surface area contributed by atoms with E-state index in [9.17, 15) is 4.79 Å². The van der Waals surface area contributed by atoms with Gasteiger partial charge in [0.05, 0.1) is 6.21 Å². The van der Waals surface area contributed by atoms with Crippen LogP contribution in [0.4, 0.5) is 0 Å². The van der Waals surface area contributed by atoms with E-state index in [0.29, 0.717) is 11.7 Å². The Hall–Kier alpha value is -1.79. The fourth-order valence-electron chi connectivity index (χ4n) is 1.97. The lowest BCUT2D eigenvalue weighted by Gasteiger charge is -2.25. The Morgan fingerprint density at radius 2 is 2.04 bits per heavy atom. The summed E-state index contributed by atoms with van der Waals surface area (Å²) in [5.74, 6) is 2.68. The molecular weight excluding hydrogens is 376 g/mol. The zero-order valence-electron chi connectivity index (χ0n) is 12.2. The number of thioether (sulfide) groups is 1. The maximum atomic E-state index is 11.9. The van der Waals surface area contributed by atoms with Crippen molar-refractivity contribution in [3.8, 4) is 5.75 Å². The molecule has 6 heteroatoms. The molecule has 0 spiro atoms. The van der Waals surface area contributed by atoms with E-state index in [1.807, 2.05) is 48.2 Å². The first kappa shape index (κ1) is 16.1. The highest BCUT2D eigenvalue weighted by Crippen LogP contribution is 2.24. The van der Waals surface area contributed by atoms with Gasteiger partial charge >= 0.3 is 0 Å². The predicted octanol–water partition coefficient (Wildman–Crippen LogP) is 3.71. The lowest BCUT2D eigenvalue weighted by Crippen LogP contribution is -2.31. The highest BCUT2D eigenvalue weighted by Gasteiger charge is 2.19. The smallest absolute Gasteiger partial charge is 0.271 e. The van der Waals surface area contributed by atoms with Crippen LogP contribution in [0.1, 0.15) is 15.9 Å². The summed E-state index contributed by atoms with van der Waals surface area (Å²) in [7, 11) is 0. The third kappa shape index (κ3) is 4.59. The Labute approximate surface area is 147 Å². The molecule has 1 N–H and O–H groups in total. The number of hydrazone groups is 1. The summed E-state index contributed by atoms with van der Waals surface area (Å²) in [5.41, 5.74) is 3.96. The third-order valence-electron chi connectivity index (χ3n) is 3.25. The minimum Gasteiger partial charge on any atom is -0.489 e. The van der Waals surface area contributed by atoms with Crippen LogP contribution in [0.15, 0.2) is 58.1 Å². The fourth-order valence-corrected chi connectivity index (χ4v) is 2.80. The number of nitrogens with zero attached hydrogens (tertiary/aromatic N) is 1. The van der Waals surface area contributed by atoms with E-state index in [0.717, 1.165) is 27.3 Å². The number of carbonyl (C=O) groups excluding carboxylic acids is 1. The van der Waals surface area contributed by atoms with Crippen LogP contribution in [-0.2, 0) is 0 Å². The van der Waals surface area contributed by atoms with E-state index < -0.39 is 0 Å². The van der Waals surface area contributed by atoms with Crippen molar-refractivity contribution in [2.45, 2.75) is 6.10 Å². The van der Waals surface area contributed by atoms with Gasteiger partial charge in [0.25, 0.3) is 5.91 Å². The van der Waals surface area contributed by atoms with Gasteiger partial charge < -0.3 is 4.74 Å². The van der Waals surface area contributed by atoms with Gasteiger partial charge in [-0.1, -0.05) is 28.1 Å². The van der Waals surface area contributed by atoms with Crippen LogP contribution in [0.5, 0.6) is 5.75 Å². The summed E-state index contributed by atoms with van der Waals surface area (Å²) >= 11 is 5.22. The number of amides is 1. The average molecular weight is 391 g/mol. The van der Waals surface area contributed by atoms with Gasteiger partial charge in [-0.25, -0.2) is 5.43 Å². The molecule has 1 heterocycles. The minimum absolute atomic E-state index is 0.243. The molecule has 118 valence electrons. The summed E-state index contributed by atoms with van der Waals surface area (Å²) in [5, 5.41) is 4.00. The van der Waals surface area contributed by atoms with Crippen LogP contribution < -0.4 is 10.2 Å². The number of rotatable bonds is 5. The van der Waals surface area contributed by atoms with Crippen molar-refractivity contribution >= 4 is 39.8 Å². The molecular formula is C17H15BrN2O2S. The third-order valence-corrected chi connectivity index (χ3v) is 5.00. The number of ether oxygens (including phenoxy) is 1. The Morgan fingerprint density at radius 1 is 1.26 bits per heavy atom. The molecule has 0 aromatic heterocycles. The Morgan fingerprint density at radius 3 is 2.74 bits per heavy atom. The summed E-state index contributed by atoms with van der Waals surface area (Å²) in [6.45, 7) is 0. The van der Waals surface area contributed by atoms with E-state index in [4.69, 9.17) is 4.74 Å². The van der Waals surface area contributed by atoms with E-state index in [2.05, 4.69) is 26.5 Å². The average Bonchev–Trinajstić information content (AvgIpc) is 2.52. The molecule has 1 aliphatic heterocycles. The Kier molecular flexibility index (Phi) is 5.35. The molecule has 1 amide bonds. The number of nitrogens with one attached hydrogen (secondary N) is 1. The molecule has 0 saturated carbocycles. The second kappa shape index (κ2) is 7.66. The Balaban J connectivity index is 1.57. The molecule has 4 nitrogen and oxygen atoms in total. The van der Waals surface area contributed by atoms with Crippen molar-refractivity contribution in [1.82, 2.24) is 5.43 Å². The van der Waals surface area contributed by atoms with Crippen molar-refractivity contribution in [2.75, 3.05) is 11.5 Å². The summed E-state index contributed by atoms with van der Waals surface area (Å²) in [4.78, 5) is 11.9. The van der Waals surface area contributed by atoms with Gasteiger partial charge in [0.15, 0.2) is 0 Å². The van der Waals surface area contributed by atoms with Crippen molar-refractivity contribution in [1.29, 1.82) is 0 Å². The van der Waals surface area contributed by atoms with E-state index in [1.165, 1.54) is 0 Å². The molecule has 0 unspecified atom stereocenters. The fraction of sp³-hybridized carbons (Fsp3) is 0.176. The monoisotopic (exact) mass is 390 g/mol. The normalized spacial score (nSPS) is 14.5. The van der Waals surface area contributed by atoms with Gasteiger partial charge in [0.2, 0.25) is 0 Å². The number of carbonyl (C=O) groups is 1. The number of hydrogen-bond donors (Lipinski definition) is 1. The van der Waals surface area contributed by atoms with E-state index in [-0.39, 0.29) is 5.91 Å². The molecule has 3 rings (SSSR count). The zero-order valence-corrected chi connectivity index (χ0v) is 14.6. The quantitative estimate of drug-likeness (QED) is 0.625. The maximum Gasteiger partial charge on any atom is 0.271 e. The molecule has 0 atom stereocenters. The molecule has 0 bridgehead atoms. The van der Waals surface area contributed by atoms with Crippen LogP contribution in [0, 0.1) is 0 Å². The molecule has 23 heavy (non-hydrogen) atoms. The first-order valence-electron chi connectivity index (χ1n) is 7.14. The molecule has 0 aliphatic carbocycles. The maximum absolute atomic E-state index is 11.9. The molecule has 1 fully saturated rings. The standard InChI is InChI=1S/C17H15BrN2O2S/c18-14-6-4-13(5-7-14)17(21)20-19-9-12-2-1-3-15(8-12)22-16-10-23-11-16/h1-9,16H,10-11H2,(H,20,21)/b19-9-. The molecule has 1 saturated heterocycles. The van der Waals surface area contributed by atoms with Crippen molar-refractivity contribution < 1.29 is 9.53 Å². The van der Waals surface area contributed by atoms with Gasteiger partial charge in [-0.05, 0) is 42.0 Å². The summed E-state index contributed by atoms with van der Waals surface area (Å²) in [6, 6.07) is 14.8. The second-order valence-electron chi connectivity index (χ2n) is 5.06. The van der Waals surface area contributed by atoms with Gasteiger partial charge in [-0.3, -0.25) is 4.79 Å². The summed E-state index contributed by atoms with van der Waals surface area (Å²) in [6.07, 6.45) is 1.92. The lowest BCUT2D eigenvalue weighted by atomic mass is 10.2. The molecule has 2 aromatic rings. The SMILES string of the molecule is O=C(N/N=C\c1cccc(OC2CSC2)c1)c1ccc(Br)cc1. The van der Waals surface area contributed by atoms with Crippen LogP contribution >= 0.6 is 27.7 Å².